The normalized spacial score (nSPS) is 13.6. The van der Waals surface area contributed by atoms with Crippen molar-refractivity contribution in [3.63, 3.8) is 0 Å². The molecule has 0 spiro atoms. The number of halogens is 3. The molecule has 14 nitrogen and oxygen atoms in total. The standard InChI is InChI=1S/C25H24ClN3O4.C20H20Cl2N2O4.C5H5N.2CH4/c26-12-16(30)13-27-20-8-9-21(28-14-17(31)15-29-10-4-1-5-11-29)23-22(20)24(32)18-6-2-3-7-19(18)25(23)33;21-7-11(25)9-23-15-5-6-16(24-10-12(26)8-22)18-17(15)19(27)13-3-1-2-4-14(13)20(18)28;1-2-4-6-5-3-1;;/h1-11,16-17,30-31H,12-15H2,(H-,27,28,32,33);1-6,11-12,23-26H,7-10H2;1-5H;2*1H4/p+1. The van der Waals surface area contributed by atoms with Crippen molar-refractivity contribution in [2.24, 2.45) is 0 Å². The van der Waals surface area contributed by atoms with Crippen LogP contribution in [0.3, 0.4) is 0 Å². The molecule has 2 heterocycles. The first-order chi connectivity index (χ1) is 32.5. The SMILES string of the molecule is C.C.O=C1c2ccccc2C(=O)c2c(NCC(O)CCl)ccc(NCC(O)CCl)c21.O=C1c2ccccc2C(=O)c2c(NCC(O)C[n+]3ccccc3)ccc(NCC(O)CCl)c21.c1ccncc1. The van der Waals surface area contributed by atoms with Gasteiger partial charge in [0.25, 0.3) is 0 Å². The Morgan fingerprint density at radius 3 is 0.971 bits per heavy atom. The zero-order valence-electron chi connectivity index (χ0n) is 36.1. The second kappa shape index (κ2) is 27.1. The highest BCUT2D eigenvalue weighted by Gasteiger charge is 2.35. The molecule has 2 aromatic heterocycles. The third-order valence-corrected chi connectivity index (χ3v) is 11.6. The predicted molar refractivity (Wildman–Crippen MR) is 274 cm³/mol. The van der Waals surface area contributed by atoms with Gasteiger partial charge >= 0.3 is 0 Å². The number of aliphatic hydroxyl groups is 4. The average molecular weight is 1000 g/mol. The molecule has 0 saturated heterocycles. The zero-order valence-corrected chi connectivity index (χ0v) is 38.4. The lowest BCUT2D eigenvalue weighted by Gasteiger charge is -2.24. The number of aliphatic hydroxyl groups excluding tert-OH is 4. The number of hydrogen-bond acceptors (Lipinski definition) is 13. The monoisotopic (exact) mass is 999 g/mol. The number of rotatable bonds is 17. The number of pyridine rings is 2. The number of aromatic nitrogens is 2. The van der Waals surface area contributed by atoms with Crippen LogP contribution in [0.4, 0.5) is 22.7 Å². The molecule has 8 rings (SSSR count). The van der Waals surface area contributed by atoms with Crippen molar-refractivity contribution in [3.05, 3.63) is 178 Å². The first-order valence-electron chi connectivity index (χ1n) is 21.3. The Bertz CT molecular complexity index is 2560. The fourth-order valence-corrected chi connectivity index (χ4v) is 7.61. The maximum Gasteiger partial charge on any atom is 0.196 e. The van der Waals surface area contributed by atoms with Crippen LogP contribution in [0, 0.1) is 0 Å². The summed E-state index contributed by atoms with van der Waals surface area (Å²) >= 11 is 17.0. The molecule has 69 heavy (non-hydrogen) atoms. The van der Waals surface area contributed by atoms with Crippen LogP contribution in [0.15, 0.2) is 134 Å². The highest BCUT2D eigenvalue weighted by atomic mass is 35.5. The lowest BCUT2D eigenvalue weighted by Crippen LogP contribution is -2.41. The van der Waals surface area contributed by atoms with E-state index in [4.69, 9.17) is 34.8 Å². The number of alkyl halides is 3. The van der Waals surface area contributed by atoms with Gasteiger partial charge in [-0.15, -0.1) is 34.8 Å². The average Bonchev–Trinajstić information content (AvgIpc) is 3.37. The fraction of sp³-hybridized carbons (Fsp3) is 0.269. The topological polar surface area (TPSA) is 214 Å². The molecule has 8 N–H and O–H groups in total. The Hall–Kier alpha value is -6.23. The van der Waals surface area contributed by atoms with Gasteiger partial charge in [0.1, 0.15) is 6.10 Å². The van der Waals surface area contributed by atoms with Gasteiger partial charge in [0, 0.05) is 95.7 Å². The number of nitrogens with one attached hydrogen (secondary N) is 4. The number of hydrogen-bond donors (Lipinski definition) is 8. The van der Waals surface area contributed by atoms with E-state index < -0.39 is 24.4 Å². The summed E-state index contributed by atoms with van der Waals surface area (Å²) in [5.74, 6) is -0.976. The number of nitrogens with zero attached hydrogens (tertiary/aromatic N) is 2. The number of fused-ring (bicyclic) bond motifs is 4. The van der Waals surface area contributed by atoms with Crippen molar-refractivity contribution in [1.82, 2.24) is 4.98 Å². The van der Waals surface area contributed by atoms with Crippen LogP contribution < -0.4 is 25.8 Å². The van der Waals surface area contributed by atoms with Crippen LogP contribution in [0.1, 0.15) is 78.5 Å². The summed E-state index contributed by atoms with van der Waals surface area (Å²) < 4.78 is 1.86. The molecule has 4 atom stereocenters. The van der Waals surface area contributed by atoms with Crippen molar-refractivity contribution in [1.29, 1.82) is 0 Å². The van der Waals surface area contributed by atoms with Gasteiger partial charge in [-0.2, -0.15) is 0 Å². The third kappa shape index (κ3) is 14.0. The molecule has 0 amide bonds. The summed E-state index contributed by atoms with van der Waals surface area (Å²) in [7, 11) is 0. The molecular formula is C52H58Cl3N6O8+. The van der Waals surface area contributed by atoms with Crippen LogP contribution >= 0.6 is 34.8 Å². The molecule has 4 aromatic carbocycles. The number of anilines is 4. The van der Waals surface area contributed by atoms with E-state index in [1.165, 1.54) is 0 Å². The Balaban J connectivity index is 0.000000263. The number of benzene rings is 4. The van der Waals surface area contributed by atoms with Gasteiger partial charge in [-0.05, 0) is 36.4 Å². The second-order valence-electron chi connectivity index (χ2n) is 15.4. The summed E-state index contributed by atoms with van der Waals surface area (Å²) in [6, 6.07) is 31.5. The van der Waals surface area contributed by atoms with Gasteiger partial charge in [0.05, 0.1) is 58.2 Å². The molecule has 2 aliphatic carbocycles. The molecule has 0 fully saturated rings. The molecule has 364 valence electrons. The van der Waals surface area contributed by atoms with Crippen molar-refractivity contribution < 1.29 is 44.2 Å². The molecule has 0 saturated carbocycles. The smallest absolute Gasteiger partial charge is 0.196 e. The molecule has 6 aromatic rings. The minimum Gasteiger partial charge on any atom is -0.390 e. The van der Waals surface area contributed by atoms with Gasteiger partial charge in [-0.3, -0.25) is 24.2 Å². The van der Waals surface area contributed by atoms with Crippen LogP contribution in [0.25, 0.3) is 0 Å². The molecule has 0 radical (unpaired) electrons. The van der Waals surface area contributed by atoms with Crippen molar-refractivity contribution >= 4 is 80.7 Å². The van der Waals surface area contributed by atoms with Gasteiger partial charge in [-0.1, -0.05) is 75.5 Å². The van der Waals surface area contributed by atoms with Crippen LogP contribution in [0.2, 0.25) is 0 Å². The van der Waals surface area contributed by atoms with E-state index >= 15 is 0 Å². The summed E-state index contributed by atoms with van der Waals surface area (Å²) in [4.78, 5) is 56.9. The van der Waals surface area contributed by atoms with Crippen molar-refractivity contribution in [2.45, 2.75) is 45.8 Å². The van der Waals surface area contributed by atoms with Crippen LogP contribution in [0.5, 0.6) is 0 Å². The molecule has 2 aliphatic rings. The minimum atomic E-state index is -0.799. The summed E-state index contributed by atoms with van der Waals surface area (Å²) in [5.41, 5.74) is 4.12. The molecule has 0 aliphatic heterocycles. The molecule has 4 unspecified atom stereocenters. The van der Waals surface area contributed by atoms with E-state index in [0.29, 0.717) is 51.5 Å². The second-order valence-corrected chi connectivity index (χ2v) is 16.4. The molecule has 0 bridgehead atoms. The quantitative estimate of drug-likeness (QED) is 0.0339. The lowest BCUT2D eigenvalue weighted by molar-refractivity contribution is -0.703. The van der Waals surface area contributed by atoms with E-state index in [9.17, 15) is 39.6 Å². The van der Waals surface area contributed by atoms with Gasteiger partial charge in [0.2, 0.25) is 0 Å². The highest BCUT2D eigenvalue weighted by molar-refractivity contribution is 6.33. The summed E-state index contributed by atoms with van der Waals surface area (Å²) in [6.07, 6.45) is 4.12. The molecule has 17 heteroatoms. The summed E-state index contributed by atoms with van der Waals surface area (Å²) in [6.45, 7) is 0.976. The number of ketones is 4. The van der Waals surface area contributed by atoms with E-state index in [2.05, 4.69) is 26.3 Å². The minimum absolute atomic E-state index is 0. The largest absolute Gasteiger partial charge is 0.390 e. The van der Waals surface area contributed by atoms with E-state index in [1.54, 1.807) is 85.2 Å². The Morgan fingerprint density at radius 1 is 0.420 bits per heavy atom. The van der Waals surface area contributed by atoms with Gasteiger partial charge < -0.3 is 41.7 Å². The molecular weight excluding hydrogens is 943 g/mol. The van der Waals surface area contributed by atoms with Gasteiger partial charge in [0.15, 0.2) is 42.1 Å². The first kappa shape index (κ1) is 55.4. The van der Waals surface area contributed by atoms with Crippen LogP contribution in [-0.2, 0) is 6.54 Å². The van der Waals surface area contributed by atoms with Crippen LogP contribution in [-0.4, -0.2) is 117 Å². The van der Waals surface area contributed by atoms with Crippen molar-refractivity contribution in [2.75, 3.05) is 65.1 Å². The van der Waals surface area contributed by atoms with E-state index in [1.807, 2.05) is 53.4 Å². The van der Waals surface area contributed by atoms with Gasteiger partial charge in [-0.25, -0.2) is 4.57 Å². The predicted octanol–water partition coefficient (Wildman–Crippen LogP) is 7.07. The highest BCUT2D eigenvalue weighted by Crippen LogP contribution is 2.38. The third-order valence-electron chi connectivity index (χ3n) is 10.6. The Kier molecular flexibility index (Phi) is 21.7. The number of carbonyl (C=O) groups excluding carboxylic acids is 4. The Morgan fingerprint density at radius 2 is 0.710 bits per heavy atom. The Labute approximate surface area is 417 Å². The maximum absolute atomic E-state index is 13.4. The fourth-order valence-electron chi connectivity index (χ4n) is 7.29. The zero-order chi connectivity index (χ0) is 47.9. The van der Waals surface area contributed by atoms with Crippen molar-refractivity contribution in [3.8, 4) is 0 Å². The van der Waals surface area contributed by atoms with E-state index in [-0.39, 0.29) is 104 Å². The maximum atomic E-state index is 13.4. The first-order valence-corrected chi connectivity index (χ1v) is 22.9. The lowest BCUT2D eigenvalue weighted by atomic mass is 9.82. The summed E-state index contributed by atoms with van der Waals surface area (Å²) in [5, 5.41) is 52.0. The van der Waals surface area contributed by atoms with E-state index in [0.717, 1.165) is 0 Å². The number of carbonyl (C=O) groups is 4.